The molecule has 7 heteroatoms. The van der Waals surface area contributed by atoms with Crippen LogP contribution in [0.3, 0.4) is 0 Å². The summed E-state index contributed by atoms with van der Waals surface area (Å²) in [6.07, 6.45) is 0.974. The molecule has 0 aliphatic heterocycles. The van der Waals surface area contributed by atoms with Crippen molar-refractivity contribution in [2.24, 2.45) is 5.73 Å². The van der Waals surface area contributed by atoms with Crippen LogP contribution < -0.4 is 15.7 Å². The first-order valence-corrected chi connectivity index (χ1v) is 6.14. The minimum atomic E-state index is -1.68. The zero-order valence-corrected chi connectivity index (χ0v) is 11.9. The zero-order chi connectivity index (χ0) is 13.5. The van der Waals surface area contributed by atoms with E-state index in [2.05, 4.69) is 9.98 Å². The molecule has 0 heterocycles. The number of aliphatic carboxylic acids is 1. The van der Waals surface area contributed by atoms with Gasteiger partial charge in [-0.3, -0.25) is 5.32 Å². The van der Waals surface area contributed by atoms with Crippen LogP contribution in [0.5, 0.6) is 0 Å². The number of rotatable bonds is 5. The van der Waals surface area contributed by atoms with E-state index in [0.29, 0.717) is 12.4 Å². The van der Waals surface area contributed by atoms with Crippen LogP contribution in [0.15, 0.2) is 11.9 Å². The van der Waals surface area contributed by atoms with E-state index in [-0.39, 0.29) is 6.42 Å². The number of nitrogens with one attached hydrogen (secondary N) is 1. The van der Waals surface area contributed by atoms with E-state index in [1.165, 1.54) is 6.92 Å². The quantitative estimate of drug-likeness (QED) is 0.291. The Kier molecular flexibility index (Phi) is 7.01. The average Bonchev–Trinajstić information content (AvgIpc) is 2.16. The van der Waals surface area contributed by atoms with Crippen molar-refractivity contribution in [2.75, 3.05) is 6.54 Å². The normalized spacial score (nSPS) is 14.5. The van der Waals surface area contributed by atoms with Gasteiger partial charge in [-0.15, -0.1) is 0 Å². The molecule has 5 nitrogen and oxygen atoms in total. The van der Waals surface area contributed by atoms with E-state index in [4.69, 9.17) is 10.8 Å². The second-order valence-electron chi connectivity index (χ2n) is 3.67. The van der Waals surface area contributed by atoms with E-state index in [1.54, 1.807) is 11.1 Å². The first kappa shape index (κ1) is 16.1. The average molecular weight is 356 g/mol. The number of nitrogens with two attached hydrogens (primary N) is 1. The largest absolute Gasteiger partial charge is 0.480 e. The van der Waals surface area contributed by atoms with Gasteiger partial charge in [-0.2, -0.15) is 0 Å². The summed E-state index contributed by atoms with van der Waals surface area (Å²) in [6, 6.07) is 0. The molecule has 0 fully saturated rings. The maximum absolute atomic E-state index is 13.3. The summed E-state index contributed by atoms with van der Waals surface area (Å²) in [7, 11) is 0. The van der Waals surface area contributed by atoms with Crippen LogP contribution >= 0.6 is 22.6 Å². The van der Waals surface area contributed by atoms with Crippen LogP contribution in [0.1, 0.15) is 20.3 Å². The van der Waals surface area contributed by atoms with E-state index in [9.17, 15) is 9.18 Å². The van der Waals surface area contributed by atoms with Gasteiger partial charge in [-0.05, 0) is 13.0 Å². The van der Waals surface area contributed by atoms with Gasteiger partial charge >= 0.3 is 11.8 Å². The van der Waals surface area contributed by atoms with Crippen LogP contribution in [0.25, 0.3) is 0 Å². The highest BCUT2D eigenvalue weighted by Crippen LogP contribution is 2.10. The molecule has 0 aliphatic rings. The Hall–Kier alpha value is -0.920. The minimum absolute atomic E-state index is 0.0637. The second-order valence-corrected chi connectivity index (χ2v) is 4.22. The summed E-state index contributed by atoms with van der Waals surface area (Å²) in [5.74, 6) is -1.16. The number of nitrogens with zero attached hydrogens (tertiary/aromatic N) is 1. The maximum Gasteiger partial charge on any atom is 0.340 e. The van der Waals surface area contributed by atoms with Gasteiger partial charge in [-0.1, -0.05) is 0 Å². The molecule has 17 heavy (non-hydrogen) atoms. The number of carboxylic acid groups (broad SMARTS) is 1. The molecule has 96 valence electrons. The van der Waals surface area contributed by atoms with Gasteiger partial charge < -0.3 is 10.8 Å². The fraction of sp³-hybridized carbons (Fsp3) is 0.500. The third kappa shape index (κ3) is 7.09. The summed E-state index contributed by atoms with van der Waals surface area (Å²) in [4.78, 5) is 10.6. The van der Waals surface area contributed by atoms with Gasteiger partial charge in [0.15, 0.2) is 0 Å². The molecule has 0 aromatic heterocycles. The van der Waals surface area contributed by atoms with Crippen molar-refractivity contribution in [3.05, 3.63) is 11.9 Å². The highest BCUT2D eigenvalue weighted by atomic mass is 127. The molecule has 0 spiro atoms. The van der Waals surface area contributed by atoms with Crippen LogP contribution in [0.2, 0.25) is 0 Å². The summed E-state index contributed by atoms with van der Waals surface area (Å²) >= 11 is 1.97. The lowest BCUT2D eigenvalue weighted by Crippen LogP contribution is -2.43. The molecule has 0 amide bonds. The lowest BCUT2D eigenvalue weighted by molar-refractivity contribution is -0.140. The van der Waals surface area contributed by atoms with Crippen molar-refractivity contribution in [3.63, 3.8) is 0 Å². The SMILES string of the molecule is CC(=[N+]=CI)NCC/C(F)=C/[C@](C)(N)C(=O)O. The van der Waals surface area contributed by atoms with Gasteiger partial charge in [0.1, 0.15) is 11.4 Å². The van der Waals surface area contributed by atoms with Crippen molar-refractivity contribution >= 4 is 38.6 Å². The predicted octanol–water partition coefficient (Wildman–Crippen LogP) is 0.570. The Bertz CT molecular complexity index is 374. The zero-order valence-electron chi connectivity index (χ0n) is 9.70. The lowest BCUT2D eigenvalue weighted by atomic mass is 10.0. The Morgan fingerprint density at radius 1 is 1.71 bits per heavy atom. The summed E-state index contributed by atoms with van der Waals surface area (Å²) < 4.78 is 18.8. The Morgan fingerprint density at radius 2 is 2.29 bits per heavy atom. The number of carbonyl (C=O) groups is 1. The van der Waals surface area contributed by atoms with Gasteiger partial charge in [0, 0.05) is 29.0 Å². The number of carboxylic acids is 1. The summed E-state index contributed by atoms with van der Waals surface area (Å²) in [5.41, 5.74) is 3.70. The van der Waals surface area contributed by atoms with Gasteiger partial charge in [0.25, 0.3) is 0 Å². The lowest BCUT2D eigenvalue weighted by Gasteiger charge is -2.13. The van der Waals surface area contributed by atoms with Crippen molar-refractivity contribution < 1.29 is 14.3 Å². The van der Waals surface area contributed by atoms with E-state index in [1.807, 2.05) is 22.6 Å². The third-order valence-corrected chi connectivity index (χ3v) is 2.18. The minimum Gasteiger partial charge on any atom is -0.480 e. The number of hydrogen-bond acceptors (Lipinski definition) is 2. The molecule has 0 aromatic carbocycles. The van der Waals surface area contributed by atoms with E-state index in [0.717, 1.165) is 6.08 Å². The monoisotopic (exact) mass is 356 g/mol. The van der Waals surface area contributed by atoms with Crippen LogP contribution in [0.4, 0.5) is 4.39 Å². The highest BCUT2D eigenvalue weighted by Gasteiger charge is 2.25. The van der Waals surface area contributed by atoms with Crippen molar-refractivity contribution in [1.29, 1.82) is 0 Å². The molecule has 0 saturated carbocycles. The molecule has 0 radical (unpaired) electrons. The highest BCUT2D eigenvalue weighted by molar-refractivity contribution is 14.1. The molecular formula is C10H16FIN3O2+. The number of amidine groups is 1. The fourth-order valence-electron chi connectivity index (χ4n) is 0.941. The molecule has 4 N–H and O–H groups in total. The molecule has 0 unspecified atom stereocenters. The van der Waals surface area contributed by atoms with Crippen molar-refractivity contribution in [2.45, 2.75) is 25.8 Å². The second kappa shape index (κ2) is 7.41. The van der Waals surface area contributed by atoms with Gasteiger partial charge in [0.05, 0.1) is 13.5 Å². The Labute approximate surface area is 113 Å². The molecule has 0 saturated heterocycles. The number of halogens is 2. The third-order valence-electron chi connectivity index (χ3n) is 1.90. The topological polar surface area (TPSA) is 89.5 Å². The molecule has 0 bridgehead atoms. The van der Waals surface area contributed by atoms with Gasteiger partial charge in [0.2, 0.25) is 4.22 Å². The Balaban J connectivity index is 4.29. The molecule has 1 atom stereocenters. The molecule has 0 rings (SSSR count). The maximum atomic E-state index is 13.3. The predicted molar refractivity (Wildman–Crippen MR) is 74.9 cm³/mol. The van der Waals surface area contributed by atoms with Crippen LogP contribution in [0, 0.1) is 0 Å². The summed E-state index contributed by atoms with van der Waals surface area (Å²) in [5, 5.41) is 11.6. The Morgan fingerprint density at radius 3 is 2.76 bits per heavy atom. The fourth-order valence-corrected chi connectivity index (χ4v) is 1.36. The molecule has 0 aromatic rings. The summed E-state index contributed by atoms with van der Waals surface area (Å²) in [6.45, 7) is 3.32. The smallest absolute Gasteiger partial charge is 0.340 e. The van der Waals surface area contributed by atoms with Crippen molar-refractivity contribution in [1.82, 2.24) is 9.98 Å². The van der Waals surface area contributed by atoms with Crippen LogP contribution in [-0.4, -0.2) is 33.2 Å². The van der Waals surface area contributed by atoms with E-state index < -0.39 is 17.3 Å². The first-order chi connectivity index (χ1) is 7.79. The standard InChI is InChI=1S/C10H15FIN3O2/c1-7(15-6-12)14-4-3-8(11)5-10(2,13)9(16)17/h5-6H,3-4,13H2,1-2H3,(H,16,17)/p+1/b8-5-/t10-/m0/s1. The van der Waals surface area contributed by atoms with Crippen LogP contribution in [-0.2, 0) is 4.79 Å². The molecular weight excluding hydrogens is 340 g/mol. The molecule has 0 aliphatic carbocycles. The van der Waals surface area contributed by atoms with Gasteiger partial charge in [-0.25, -0.2) is 13.9 Å². The van der Waals surface area contributed by atoms with Crippen molar-refractivity contribution in [3.8, 4) is 0 Å². The van der Waals surface area contributed by atoms with E-state index >= 15 is 0 Å². The first-order valence-electron chi connectivity index (χ1n) is 4.89. The number of hydrogen-bond donors (Lipinski definition) is 3.